The standard InChI is InChI=1S/C19H21ClN2O4/c1-12(2)11-26-19(25)22-9-7-21(8-10-22)16-15(20)17(23)13-5-3-4-6-14(13)18(16)24/h3-6,12H,7-11H2,1-2H3. The molecule has 7 heteroatoms. The van der Waals surface area contributed by atoms with Gasteiger partial charge < -0.3 is 14.5 Å². The number of nitrogens with zero attached hydrogens (tertiary/aromatic N) is 2. The Bertz CT molecular complexity index is 779. The lowest BCUT2D eigenvalue weighted by molar-refractivity contribution is 0.0720. The maximum atomic E-state index is 12.8. The lowest BCUT2D eigenvalue weighted by Gasteiger charge is -2.37. The third-order valence-electron chi connectivity index (χ3n) is 4.43. The number of carbonyl (C=O) groups is 3. The van der Waals surface area contributed by atoms with Gasteiger partial charge in [0.05, 0.1) is 6.61 Å². The van der Waals surface area contributed by atoms with Crippen molar-refractivity contribution >= 4 is 29.3 Å². The molecule has 26 heavy (non-hydrogen) atoms. The number of amides is 1. The van der Waals surface area contributed by atoms with Crippen LogP contribution < -0.4 is 0 Å². The summed E-state index contributed by atoms with van der Waals surface area (Å²) in [5, 5.41) is -0.0514. The van der Waals surface area contributed by atoms with E-state index in [2.05, 4.69) is 0 Å². The van der Waals surface area contributed by atoms with Crippen molar-refractivity contribution in [3.63, 3.8) is 0 Å². The Kier molecular flexibility index (Phi) is 5.32. The van der Waals surface area contributed by atoms with Crippen LogP contribution >= 0.6 is 11.6 Å². The molecule has 1 amide bonds. The summed E-state index contributed by atoms with van der Waals surface area (Å²) < 4.78 is 5.24. The summed E-state index contributed by atoms with van der Waals surface area (Å²) in [7, 11) is 0. The van der Waals surface area contributed by atoms with Crippen LogP contribution in [0.2, 0.25) is 0 Å². The van der Waals surface area contributed by atoms with E-state index in [-0.39, 0.29) is 34.3 Å². The van der Waals surface area contributed by atoms with E-state index in [1.165, 1.54) is 0 Å². The fourth-order valence-corrected chi connectivity index (χ4v) is 3.36. The predicted octanol–water partition coefficient (Wildman–Crippen LogP) is 2.93. The number of allylic oxidation sites excluding steroid dienone is 2. The molecule has 0 radical (unpaired) electrons. The molecule has 3 rings (SSSR count). The van der Waals surface area contributed by atoms with Gasteiger partial charge in [0.1, 0.15) is 10.7 Å². The van der Waals surface area contributed by atoms with Crippen molar-refractivity contribution in [3.8, 4) is 0 Å². The fourth-order valence-electron chi connectivity index (χ4n) is 3.06. The van der Waals surface area contributed by atoms with Gasteiger partial charge in [-0.1, -0.05) is 49.7 Å². The van der Waals surface area contributed by atoms with Gasteiger partial charge in [-0.05, 0) is 5.92 Å². The van der Waals surface area contributed by atoms with Gasteiger partial charge in [-0.15, -0.1) is 0 Å². The molecule has 0 saturated carbocycles. The van der Waals surface area contributed by atoms with Gasteiger partial charge in [0.2, 0.25) is 11.6 Å². The average molecular weight is 377 g/mol. The first-order valence-corrected chi connectivity index (χ1v) is 9.02. The number of ketones is 2. The topological polar surface area (TPSA) is 66.9 Å². The highest BCUT2D eigenvalue weighted by molar-refractivity contribution is 6.49. The molecular weight excluding hydrogens is 356 g/mol. The average Bonchev–Trinajstić information content (AvgIpc) is 2.65. The highest BCUT2D eigenvalue weighted by atomic mass is 35.5. The van der Waals surface area contributed by atoms with Gasteiger partial charge in [-0.3, -0.25) is 9.59 Å². The molecule has 1 aromatic rings. The second kappa shape index (κ2) is 7.50. The second-order valence-corrected chi connectivity index (χ2v) is 7.19. The number of hydrogen-bond acceptors (Lipinski definition) is 5. The Morgan fingerprint density at radius 1 is 1.08 bits per heavy atom. The normalized spacial score (nSPS) is 17.7. The number of fused-ring (bicyclic) bond motifs is 1. The summed E-state index contributed by atoms with van der Waals surface area (Å²) in [4.78, 5) is 40.8. The lowest BCUT2D eigenvalue weighted by Crippen LogP contribution is -2.50. The number of halogens is 1. The number of piperazine rings is 1. The molecule has 1 aliphatic heterocycles. The molecule has 0 unspecified atom stereocenters. The Balaban J connectivity index is 1.71. The molecule has 1 heterocycles. The van der Waals surface area contributed by atoms with Crippen molar-refractivity contribution in [1.29, 1.82) is 0 Å². The van der Waals surface area contributed by atoms with E-state index in [1.807, 2.05) is 13.8 Å². The van der Waals surface area contributed by atoms with Gasteiger partial charge >= 0.3 is 6.09 Å². The van der Waals surface area contributed by atoms with Crippen LogP contribution in [-0.4, -0.2) is 60.2 Å². The number of hydrogen-bond donors (Lipinski definition) is 0. The number of benzene rings is 1. The van der Waals surface area contributed by atoms with E-state index < -0.39 is 0 Å². The van der Waals surface area contributed by atoms with E-state index in [1.54, 1.807) is 34.1 Å². The zero-order chi connectivity index (χ0) is 18.8. The summed E-state index contributed by atoms with van der Waals surface area (Å²) in [6, 6.07) is 6.68. The predicted molar refractivity (Wildman–Crippen MR) is 97.3 cm³/mol. The minimum atomic E-state index is -0.352. The smallest absolute Gasteiger partial charge is 0.409 e. The van der Waals surface area contributed by atoms with Crippen LogP contribution in [0.4, 0.5) is 4.79 Å². The van der Waals surface area contributed by atoms with Crippen molar-refractivity contribution in [2.24, 2.45) is 5.92 Å². The van der Waals surface area contributed by atoms with Crippen molar-refractivity contribution in [1.82, 2.24) is 9.80 Å². The van der Waals surface area contributed by atoms with Crippen molar-refractivity contribution < 1.29 is 19.1 Å². The van der Waals surface area contributed by atoms with Crippen LogP contribution in [0.25, 0.3) is 0 Å². The Labute approximate surface area is 157 Å². The van der Waals surface area contributed by atoms with Gasteiger partial charge in [0.25, 0.3) is 0 Å². The molecule has 138 valence electrons. The van der Waals surface area contributed by atoms with Crippen molar-refractivity contribution in [2.45, 2.75) is 13.8 Å². The first-order valence-electron chi connectivity index (χ1n) is 8.65. The highest BCUT2D eigenvalue weighted by Crippen LogP contribution is 2.31. The fraction of sp³-hybridized carbons (Fsp3) is 0.421. The van der Waals surface area contributed by atoms with Crippen LogP contribution in [0.15, 0.2) is 35.0 Å². The Morgan fingerprint density at radius 2 is 1.65 bits per heavy atom. The minimum absolute atomic E-state index is 0.0514. The molecule has 0 N–H and O–H groups in total. The van der Waals surface area contributed by atoms with Crippen LogP contribution in [0.1, 0.15) is 34.6 Å². The Morgan fingerprint density at radius 3 is 2.23 bits per heavy atom. The van der Waals surface area contributed by atoms with Gasteiger partial charge in [0.15, 0.2) is 0 Å². The molecule has 2 aliphatic rings. The quantitative estimate of drug-likeness (QED) is 0.811. The molecule has 0 bridgehead atoms. The number of rotatable bonds is 3. The zero-order valence-corrected chi connectivity index (χ0v) is 15.6. The van der Waals surface area contributed by atoms with E-state index in [0.717, 1.165) is 0 Å². The molecule has 6 nitrogen and oxygen atoms in total. The maximum absolute atomic E-state index is 12.8. The molecule has 0 aromatic heterocycles. The first-order chi connectivity index (χ1) is 12.4. The van der Waals surface area contributed by atoms with Crippen molar-refractivity contribution in [3.05, 3.63) is 46.1 Å². The summed E-state index contributed by atoms with van der Waals surface area (Å²) in [6.07, 6.45) is -0.352. The molecule has 0 atom stereocenters. The summed E-state index contributed by atoms with van der Waals surface area (Å²) in [5.74, 6) is -0.313. The Hall–Kier alpha value is -2.34. The molecule has 0 spiro atoms. The molecular formula is C19H21ClN2O4. The van der Waals surface area contributed by atoms with Gasteiger partial charge in [-0.25, -0.2) is 4.79 Å². The van der Waals surface area contributed by atoms with Crippen LogP contribution in [0.3, 0.4) is 0 Å². The highest BCUT2D eigenvalue weighted by Gasteiger charge is 2.35. The number of carbonyl (C=O) groups excluding carboxylic acids is 3. The van der Waals surface area contributed by atoms with Gasteiger partial charge in [-0.2, -0.15) is 0 Å². The number of Topliss-reactive ketones (excluding diaryl/α,β-unsaturated/α-hetero) is 2. The molecule has 1 aliphatic carbocycles. The molecule has 1 aromatic carbocycles. The lowest BCUT2D eigenvalue weighted by atomic mass is 9.91. The van der Waals surface area contributed by atoms with Gasteiger partial charge in [0, 0.05) is 37.3 Å². The largest absolute Gasteiger partial charge is 0.449 e. The third kappa shape index (κ3) is 3.46. The van der Waals surface area contributed by atoms with E-state index >= 15 is 0 Å². The van der Waals surface area contributed by atoms with Crippen LogP contribution in [0, 0.1) is 5.92 Å². The van der Waals surface area contributed by atoms with Crippen molar-refractivity contribution in [2.75, 3.05) is 32.8 Å². The summed E-state index contributed by atoms with van der Waals surface area (Å²) in [6.45, 7) is 5.99. The summed E-state index contributed by atoms with van der Waals surface area (Å²) >= 11 is 6.23. The minimum Gasteiger partial charge on any atom is -0.449 e. The second-order valence-electron chi connectivity index (χ2n) is 6.81. The third-order valence-corrected chi connectivity index (χ3v) is 4.78. The zero-order valence-electron chi connectivity index (χ0n) is 14.8. The van der Waals surface area contributed by atoms with E-state index in [4.69, 9.17) is 16.3 Å². The van der Waals surface area contributed by atoms with E-state index in [9.17, 15) is 14.4 Å². The van der Waals surface area contributed by atoms with E-state index in [0.29, 0.717) is 43.9 Å². The first kappa shape index (κ1) is 18.5. The monoisotopic (exact) mass is 376 g/mol. The number of ether oxygens (including phenoxy) is 1. The molecule has 1 fully saturated rings. The van der Waals surface area contributed by atoms with Crippen LogP contribution in [0.5, 0.6) is 0 Å². The molecule has 1 saturated heterocycles. The van der Waals surface area contributed by atoms with Crippen LogP contribution in [-0.2, 0) is 4.74 Å². The SMILES string of the molecule is CC(C)COC(=O)N1CCN(C2=C(Cl)C(=O)c3ccccc3C2=O)CC1. The summed E-state index contributed by atoms with van der Waals surface area (Å²) in [5.41, 5.74) is 0.934. The maximum Gasteiger partial charge on any atom is 0.409 e.